The maximum absolute atomic E-state index is 11.3. The van der Waals surface area contributed by atoms with Crippen LogP contribution in [0.5, 0.6) is 0 Å². The molecule has 0 atom stereocenters. The molecular formula is C16H18N2O. The zero-order valence-corrected chi connectivity index (χ0v) is 11.0. The maximum atomic E-state index is 11.3. The van der Waals surface area contributed by atoms with E-state index in [0.29, 0.717) is 11.3 Å². The highest BCUT2D eigenvalue weighted by atomic mass is 16.1. The fourth-order valence-electron chi connectivity index (χ4n) is 2.23. The fraction of sp³-hybridized carbons (Fsp3) is 0.188. The van der Waals surface area contributed by atoms with Crippen LogP contribution in [0.15, 0.2) is 42.5 Å². The Bertz CT molecular complexity index is 591. The first-order valence-electron chi connectivity index (χ1n) is 6.31. The maximum Gasteiger partial charge on any atom is 0.250 e. The second-order valence-corrected chi connectivity index (χ2v) is 4.67. The van der Waals surface area contributed by atoms with Gasteiger partial charge in [0.1, 0.15) is 0 Å². The molecule has 98 valence electrons. The van der Waals surface area contributed by atoms with Gasteiger partial charge in [0.25, 0.3) is 5.91 Å². The Hall–Kier alpha value is -2.29. The summed E-state index contributed by atoms with van der Waals surface area (Å²) < 4.78 is 0. The summed E-state index contributed by atoms with van der Waals surface area (Å²) in [6.45, 7) is 2.00. The van der Waals surface area contributed by atoms with Gasteiger partial charge in [0.15, 0.2) is 0 Å². The third-order valence-corrected chi connectivity index (χ3v) is 3.36. The van der Waals surface area contributed by atoms with Gasteiger partial charge in [-0.15, -0.1) is 0 Å². The highest BCUT2D eigenvalue weighted by Crippen LogP contribution is 2.23. The summed E-state index contributed by atoms with van der Waals surface area (Å²) in [6, 6.07) is 13.8. The second-order valence-electron chi connectivity index (χ2n) is 4.67. The molecule has 2 aromatic carbocycles. The largest absolute Gasteiger partial charge is 0.398 e. The van der Waals surface area contributed by atoms with Crippen molar-refractivity contribution in [3.8, 4) is 0 Å². The Kier molecular flexibility index (Phi) is 3.85. The number of benzene rings is 2. The molecule has 19 heavy (non-hydrogen) atoms. The highest BCUT2D eigenvalue weighted by molar-refractivity contribution is 5.98. The van der Waals surface area contributed by atoms with Gasteiger partial charge >= 0.3 is 0 Å². The van der Waals surface area contributed by atoms with Crippen molar-refractivity contribution < 1.29 is 4.79 Å². The topological polar surface area (TPSA) is 69.1 Å². The Balaban J connectivity index is 2.25. The van der Waals surface area contributed by atoms with Gasteiger partial charge in [-0.3, -0.25) is 4.79 Å². The van der Waals surface area contributed by atoms with Crippen LogP contribution in [0.1, 0.15) is 27.0 Å². The third-order valence-electron chi connectivity index (χ3n) is 3.36. The molecule has 0 saturated heterocycles. The van der Waals surface area contributed by atoms with E-state index in [9.17, 15) is 4.79 Å². The molecule has 4 N–H and O–H groups in total. The van der Waals surface area contributed by atoms with Gasteiger partial charge in [0.2, 0.25) is 0 Å². The average Bonchev–Trinajstić information content (AvgIpc) is 2.39. The number of carbonyl (C=O) groups is 1. The Morgan fingerprint density at radius 1 is 1.05 bits per heavy atom. The quantitative estimate of drug-likeness (QED) is 0.823. The molecule has 0 saturated carbocycles. The summed E-state index contributed by atoms with van der Waals surface area (Å²) in [5.41, 5.74) is 15.7. The van der Waals surface area contributed by atoms with Crippen LogP contribution in [0, 0.1) is 6.92 Å². The number of aryl methyl sites for hydroxylation is 2. The lowest BCUT2D eigenvalue weighted by atomic mass is 9.96. The van der Waals surface area contributed by atoms with Crippen LogP contribution in [0.3, 0.4) is 0 Å². The summed E-state index contributed by atoms with van der Waals surface area (Å²) in [4.78, 5) is 11.3. The standard InChI is InChI=1S/C16H18N2O/c1-11-7-9-14(16(18)19)15(17)13(11)10-8-12-5-3-2-4-6-12/h2-7,9H,8,10,17H2,1H3,(H2,18,19). The van der Waals surface area contributed by atoms with E-state index >= 15 is 0 Å². The molecule has 0 spiro atoms. The lowest BCUT2D eigenvalue weighted by Gasteiger charge is -2.12. The molecule has 0 bridgehead atoms. The van der Waals surface area contributed by atoms with E-state index in [-0.39, 0.29) is 0 Å². The van der Waals surface area contributed by atoms with E-state index in [1.165, 1.54) is 5.56 Å². The first kappa shape index (κ1) is 13.1. The number of amides is 1. The van der Waals surface area contributed by atoms with Crippen LogP contribution in [-0.2, 0) is 12.8 Å². The molecule has 2 aromatic rings. The molecule has 0 fully saturated rings. The molecule has 2 rings (SSSR count). The molecule has 0 aliphatic heterocycles. The molecule has 0 unspecified atom stereocenters. The van der Waals surface area contributed by atoms with E-state index in [1.807, 2.05) is 31.2 Å². The summed E-state index contributed by atoms with van der Waals surface area (Å²) in [5.74, 6) is -0.474. The molecule has 0 heterocycles. The molecule has 3 heteroatoms. The van der Waals surface area contributed by atoms with Crippen LogP contribution in [-0.4, -0.2) is 5.91 Å². The number of hydrogen-bond donors (Lipinski definition) is 2. The number of primary amides is 1. The van der Waals surface area contributed by atoms with Gasteiger partial charge in [-0.1, -0.05) is 36.4 Å². The van der Waals surface area contributed by atoms with Gasteiger partial charge in [-0.25, -0.2) is 0 Å². The monoisotopic (exact) mass is 254 g/mol. The van der Waals surface area contributed by atoms with Crippen LogP contribution >= 0.6 is 0 Å². The molecule has 0 aliphatic carbocycles. The van der Waals surface area contributed by atoms with Crippen molar-refractivity contribution in [1.82, 2.24) is 0 Å². The molecule has 1 amide bonds. The molecule has 3 nitrogen and oxygen atoms in total. The molecular weight excluding hydrogens is 236 g/mol. The minimum atomic E-state index is -0.474. The predicted octanol–water partition coefficient (Wildman–Crippen LogP) is 2.46. The number of anilines is 1. The van der Waals surface area contributed by atoms with E-state index in [4.69, 9.17) is 11.5 Å². The highest BCUT2D eigenvalue weighted by Gasteiger charge is 2.12. The van der Waals surface area contributed by atoms with Crippen molar-refractivity contribution >= 4 is 11.6 Å². The van der Waals surface area contributed by atoms with Crippen molar-refractivity contribution in [2.24, 2.45) is 5.73 Å². The van der Waals surface area contributed by atoms with Crippen molar-refractivity contribution in [2.75, 3.05) is 5.73 Å². The van der Waals surface area contributed by atoms with Gasteiger partial charge in [0, 0.05) is 5.69 Å². The van der Waals surface area contributed by atoms with E-state index < -0.39 is 5.91 Å². The summed E-state index contributed by atoms with van der Waals surface area (Å²) >= 11 is 0. The number of nitrogen functional groups attached to an aromatic ring is 1. The first-order chi connectivity index (χ1) is 9.09. The van der Waals surface area contributed by atoms with Gasteiger partial charge in [-0.05, 0) is 42.5 Å². The fourth-order valence-corrected chi connectivity index (χ4v) is 2.23. The van der Waals surface area contributed by atoms with Crippen LogP contribution < -0.4 is 11.5 Å². The minimum absolute atomic E-state index is 0.411. The van der Waals surface area contributed by atoms with Crippen molar-refractivity contribution in [3.63, 3.8) is 0 Å². The molecule has 0 radical (unpaired) electrons. The second kappa shape index (κ2) is 5.57. The lowest BCUT2D eigenvalue weighted by Crippen LogP contribution is -2.15. The molecule has 0 aromatic heterocycles. The van der Waals surface area contributed by atoms with Crippen molar-refractivity contribution in [1.29, 1.82) is 0 Å². The zero-order valence-electron chi connectivity index (χ0n) is 11.0. The Morgan fingerprint density at radius 3 is 2.37 bits per heavy atom. The van der Waals surface area contributed by atoms with Gasteiger partial charge in [-0.2, -0.15) is 0 Å². The Labute approximate surface area is 113 Å². The first-order valence-corrected chi connectivity index (χ1v) is 6.31. The average molecular weight is 254 g/mol. The van der Waals surface area contributed by atoms with Crippen molar-refractivity contribution in [2.45, 2.75) is 19.8 Å². The zero-order chi connectivity index (χ0) is 13.8. The SMILES string of the molecule is Cc1ccc(C(N)=O)c(N)c1CCc1ccccc1. The van der Waals surface area contributed by atoms with Crippen LogP contribution in [0.4, 0.5) is 5.69 Å². The van der Waals surface area contributed by atoms with Crippen LogP contribution in [0.2, 0.25) is 0 Å². The Morgan fingerprint density at radius 2 is 1.74 bits per heavy atom. The van der Waals surface area contributed by atoms with Crippen LogP contribution in [0.25, 0.3) is 0 Å². The normalized spacial score (nSPS) is 10.4. The van der Waals surface area contributed by atoms with E-state index in [1.54, 1.807) is 6.07 Å². The van der Waals surface area contributed by atoms with E-state index in [2.05, 4.69) is 12.1 Å². The number of rotatable bonds is 4. The number of carbonyl (C=O) groups excluding carboxylic acids is 1. The predicted molar refractivity (Wildman–Crippen MR) is 78.0 cm³/mol. The molecule has 0 aliphatic rings. The lowest BCUT2D eigenvalue weighted by molar-refractivity contribution is 0.100. The van der Waals surface area contributed by atoms with E-state index in [0.717, 1.165) is 24.0 Å². The van der Waals surface area contributed by atoms with Gasteiger partial charge in [0.05, 0.1) is 5.56 Å². The van der Waals surface area contributed by atoms with Crippen molar-refractivity contribution in [3.05, 3.63) is 64.7 Å². The summed E-state index contributed by atoms with van der Waals surface area (Å²) in [6.07, 6.45) is 1.71. The third kappa shape index (κ3) is 2.94. The summed E-state index contributed by atoms with van der Waals surface area (Å²) in [7, 11) is 0. The number of nitrogens with two attached hydrogens (primary N) is 2. The van der Waals surface area contributed by atoms with Gasteiger partial charge < -0.3 is 11.5 Å². The minimum Gasteiger partial charge on any atom is -0.398 e. The summed E-state index contributed by atoms with van der Waals surface area (Å²) in [5, 5.41) is 0. The number of hydrogen-bond acceptors (Lipinski definition) is 2. The smallest absolute Gasteiger partial charge is 0.250 e.